The molecular weight excluding hydrogens is 288 g/mol. The number of nitrogens with one attached hydrogen (secondary N) is 1. The topological polar surface area (TPSA) is 52.6 Å². The molecule has 0 heterocycles. The highest BCUT2D eigenvalue weighted by Gasteiger charge is 2.11. The first kappa shape index (κ1) is 17.2. The van der Waals surface area contributed by atoms with Gasteiger partial charge in [0.05, 0.1) is 6.10 Å². The summed E-state index contributed by atoms with van der Waals surface area (Å²) in [5, 5.41) is 12.9. The first-order valence-electron chi connectivity index (χ1n) is 7.74. The van der Waals surface area contributed by atoms with Crippen molar-refractivity contribution in [3.05, 3.63) is 70.8 Å². The SMILES string of the molecule is CNC(=O)c1ccc(CN(C)CC(O)c2ccc(C)cc2)cc1. The lowest BCUT2D eigenvalue weighted by atomic mass is 10.1. The van der Waals surface area contributed by atoms with Gasteiger partial charge in [0.1, 0.15) is 0 Å². The third kappa shape index (κ3) is 4.91. The van der Waals surface area contributed by atoms with Gasteiger partial charge in [0.15, 0.2) is 0 Å². The van der Waals surface area contributed by atoms with Crippen LogP contribution < -0.4 is 5.32 Å². The van der Waals surface area contributed by atoms with Crippen molar-refractivity contribution in [3.8, 4) is 0 Å². The molecule has 0 aromatic heterocycles. The minimum absolute atomic E-state index is 0.0836. The van der Waals surface area contributed by atoms with E-state index in [-0.39, 0.29) is 5.91 Å². The fourth-order valence-electron chi connectivity index (χ4n) is 2.47. The maximum Gasteiger partial charge on any atom is 0.251 e. The molecule has 23 heavy (non-hydrogen) atoms. The molecule has 1 amide bonds. The van der Waals surface area contributed by atoms with Crippen molar-refractivity contribution in [2.45, 2.75) is 19.6 Å². The molecule has 0 aliphatic carbocycles. The number of hydrogen-bond donors (Lipinski definition) is 2. The van der Waals surface area contributed by atoms with E-state index in [1.807, 2.05) is 62.5 Å². The van der Waals surface area contributed by atoms with Crippen molar-refractivity contribution < 1.29 is 9.90 Å². The van der Waals surface area contributed by atoms with Crippen molar-refractivity contribution in [2.75, 3.05) is 20.6 Å². The molecule has 4 heteroatoms. The number of nitrogens with zero attached hydrogens (tertiary/aromatic N) is 1. The van der Waals surface area contributed by atoms with E-state index < -0.39 is 6.10 Å². The third-order valence-electron chi connectivity index (χ3n) is 3.84. The summed E-state index contributed by atoms with van der Waals surface area (Å²) < 4.78 is 0. The predicted octanol–water partition coefficient (Wildman–Crippen LogP) is 2.52. The Morgan fingerprint density at radius 2 is 1.74 bits per heavy atom. The zero-order chi connectivity index (χ0) is 16.8. The Hall–Kier alpha value is -2.17. The van der Waals surface area contributed by atoms with Crippen molar-refractivity contribution in [1.82, 2.24) is 10.2 Å². The Labute approximate surface area is 137 Å². The quantitative estimate of drug-likeness (QED) is 0.862. The van der Waals surface area contributed by atoms with Crippen LogP contribution >= 0.6 is 0 Å². The number of carbonyl (C=O) groups excluding carboxylic acids is 1. The fraction of sp³-hybridized carbons (Fsp3) is 0.316. The molecule has 0 spiro atoms. The Morgan fingerprint density at radius 1 is 1.13 bits per heavy atom. The van der Waals surface area contributed by atoms with Crippen molar-refractivity contribution in [2.24, 2.45) is 0 Å². The number of carbonyl (C=O) groups is 1. The van der Waals surface area contributed by atoms with E-state index in [1.165, 1.54) is 5.56 Å². The number of aliphatic hydroxyl groups excluding tert-OH is 1. The normalized spacial score (nSPS) is 12.2. The Balaban J connectivity index is 1.92. The average Bonchev–Trinajstić information content (AvgIpc) is 2.55. The summed E-state index contributed by atoms with van der Waals surface area (Å²) in [5.41, 5.74) is 3.87. The average molecular weight is 312 g/mol. The van der Waals surface area contributed by atoms with Gasteiger partial charge in [-0.15, -0.1) is 0 Å². The maximum absolute atomic E-state index is 11.5. The highest BCUT2D eigenvalue weighted by molar-refractivity contribution is 5.93. The van der Waals surface area contributed by atoms with Crippen LogP contribution in [0.4, 0.5) is 0 Å². The van der Waals surface area contributed by atoms with Gasteiger partial charge in [0, 0.05) is 25.7 Å². The zero-order valence-electron chi connectivity index (χ0n) is 13.9. The summed E-state index contributed by atoms with van der Waals surface area (Å²) in [7, 11) is 3.60. The van der Waals surface area contributed by atoms with Crippen molar-refractivity contribution >= 4 is 5.91 Å². The summed E-state index contributed by atoms with van der Waals surface area (Å²) in [6, 6.07) is 15.5. The van der Waals surface area contributed by atoms with E-state index in [0.29, 0.717) is 12.1 Å². The monoisotopic (exact) mass is 312 g/mol. The lowest BCUT2D eigenvalue weighted by molar-refractivity contribution is 0.0963. The standard InChI is InChI=1S/C19H24N2O2/c1-14-4-8-16(9-5-14)18(22)13-21(3)12-15-6-10-17(11-7-15)19(23)20-2/h4-11,18,22H,12-13H2,1-3H3,(H,20,23). The van der Waals surface area contributed by atoms with Crippen molar-refractivity contribution in [1.29, 1.82) is 0 Å². The number of aryl methyl sites for hydroxylation is 1. The number of hydrogen-bond acceptors (Lipinski definition) is 3. The molecule has 2 aromatic carbocycles. The summed E-state index contributed by atoms with van der Waals surface area (Å²) in [5.74, 6) is -0.0836. The molecule has 4 nitrogen and oxygen atoms in total. The van der Waals surface area contributed by atoms with Gasteiger partial charge < -0.3 is 10.4 Å². The summed E-state index contributed by atoms with van der Waals surface area (Å²) >= 11 is 0. The van der Waals surface area contributed by atoms with Gasteiger partial charge in [-0.1, -0.05) is 42.0 Å². The summed E-state index contributed by atoms with van der Waals surface area (Å²) in [6.45, 7) is 3.31. The van der Waals surface area contributed by atoms with Crippen LogP contribution in [0.25, 0.3) is 0 Å². The minimum atomic E-state index is -0.509. The van der Waals surface area contributed by atoms with Gasteiger partial charge in [0.2, 0.25) is 0 Å². The van der Waals surface area contributed by atoms with Crippen LogP contribution in [0.5, 0.6) is 0 Å². The van der Waals surface area contributed by atoms with E-state index in [1.54, 1.807) is 7.05 Å². The molecular formula is C19H24N2O2. The van der Waals surface area contributed by atoms with Crippen LogP contribution in [0.2, 0.25) is 0 Å². The second-order valence-electron chi connectivity index (χ2n) is 5.90. The highest BCUT2D eigenvalue weighted by atomic mass is 16.3. The Morgan fingerprint density at radius 3 is 2.30 bits per heavy atom. The van der Waals surface area contributed by atoms with Crippen molar-refractivity contribution in [3.63, 3.8) is 0 Å². The van der Waals surface area contributed by atoms with Gasteiger partial charge in [-0.2, -0.15) is 0 Å². The van der Waals surface area contributed by atoms with E-state index in [9.17, 15) is 9.90 Å². The molecule has 0 saturated heterocycles. The van der Waals surface area contributed by atoms with Crippen LogP contribution in [0, 0.1) is 6.92 Å². The van der Waals surface area contributed by atoms with E-state index >= 15 is 0 Å². The van der Waals surface area contributed by atoms with Gasteiger partial charge in [-0.05, 0) is 37.2 Å². The molecule has 1 atom stereocenters. The molecule has 0 radical (unpaired) electrons. The lowest BCUT2D eigenvalue weighted by Crippen LogP contribution is -2.24. The van der Waals surface area contributed by atoms with E-state index in [4.69, 9.17) is 0 Å². The summed E-state index contributed by atoms with van der Waals surface area (Å²) in [4.78, 5) is 13.6. The number of rotatable bonds is 6. The molecule has 122 valence electrons. The smallest absolute Gasteiger partial charge is 0.251 e. The van der Waals surface area contributed by atoms with E-state index in [0.717, 1.165) is 17.7 Å². The molecule has 0 aliphatic rings. The fourth-order valence-corrected chi connectivity index (χ4v) is 2.47. The number of aliphatic hydroxyl groups is 1. The van der Waals surface area contributed by atoms with E-state index in [2.05, 4.69) is 10.2 Å². The van der Waals surface area contributed by atoms with Gasteiger partial charge in [-0.3, -0.25) is 9.69 Å². The highest BCUT2D eigenvalue weighted by Crippen LogP contribution is 2.16. The Bertz CT molecular complexity index is 635. The molecule has 0 aliphatic heterocycles. The van der Waals surface area contributed by atoms with Gasteiger partial charge in [-0.25, -0.2) is 0 Å². The molecule has 2 N–H and O–H groups in total. The maximum atomic E-state index is 11.5. The molecule has 2 rings (SSSR count). The summed E-state index contributed by atoms with van der Waals surface area (Å²) in [6.07, 6.45) is -0.509. The molecule has 0 fully saturated rings. The number of likely N-dealkylation sites (N-methyl/N-ethyl adjacent to an activating group) is 1. The predicted molar refractivity (Wildman–Crippen MR) is 92.3 cm³/mol. The first-order valence-corrected chi connectivity index (χ1v) is 7.74. The largest absolute Gasteiger partial charge is 0.387 e. The molecule has 2 aromatic rings. The minimum Gasteiger partial charge on any atom is -0.387 e. The molecule has 1 unspecified atom stereocenters. The van der Waals surface area contributed by atoms with Gasteiger partial charge in [0.25, 0.3) is 5.91 Å². The van der Waals surface area contributed by atoms with Crippen LogP contribution in [0.3, 0.4) is 0 Å². The van der Waals surface area contributed by atoms with Gasteiger partial charge >= 0.3 is 0 Å². The number of amides is 1. The lowest BCUT2D eigenvalue weighted by Gasteiger charge is -2.21. The molecule has 0 bridgehead atoms. The number of benzene rings is 2. The first-order chi connectivity index (χ1) is 11.0. The van der Waals surface area contributed by atoms with Crippen LogP contribution in [0.15, 0.2) is 48.5 Å². The Kier molecular flexibility index (Phi) is 5.90. The second kappa shape index (κ2) is 7.90. The van der Waals surface area contributed by atoms with Crippen LogP contribution in [-0.4, -0.2) is 36.6 Å². The zero-order valence-corrected chi connectivity index (χ0v) is 13.9. The second-order valence-corrected chi connectivity index (χ2v) is 5.90. The van der Waals surface area contributed by atoms with Crippen LogP contribution in [0.1, 0.15) is 33.2 Å². The third-order valence-corrected chi connectivity index (χ3v) is 3.84. The molecule has 0 saturated carbocycles. The van der Waals surface area contributed by atoms with Crippen LogP contribution in [-0.2, 0) is 6.54 Å².